The number of ether oxygens (including phenoxy) is 3. The molecule has 5 heteroatoms. The fourth-order valence-electron chi connectivity index (χ4n) is 6.38. The van der Waals surface area contributed by atoms with Gasteiger partial charge in [0.15, 0.2) is 0 Å². The Kier molecular flexibility index (Phi) is 11.9. The Balaban J connectivity index is 1.05. The van der Waals surface area contributed by atoms with Crippen LogP contribution in [-0.2, 0) is 19.0 Å². The van der Waals surface area contributed by atoms with Gasteiger partial charge in [0.1, 0.15) is 6.10 Å². The van der Waals surface area contributed by atoms with E-state index in [9.17, 15) is 9.59 Å². The van der Waals surface area contributed by atoms with Gasteiger partial charge < -0.3 is 14.2 Å². The van der Waals surface area contributed by atoms with Crippen LogP contribution in [0.25, 0.3) is 0 Å². The zero-order valence-corrected chi connectivity index (χ0v) is 24.2. The van der Waals surface area contributed by atoms with Gasteiger partial charge in [-0.25, -0.2) is 4.79 Å². The van der Waals surface area contributed by atoms with Gasteiger partial charge in [-0.1, -0.05) is 37.6 Å². The first-order chi connectivity index (χ1) is 19.0. The van der Waals surface area contributed by atoms with E-state index >= 15 is 0 Å². The molecule has 0 amide bonds. The molecule has 216 valence electrons. The fraction of sp³-hybridized carbons (Fsp3) is 0.706. The van der Waals surface area contributed by atoms with Gasteiger partial charge >= 0.3 is 11.9 Å². The van der Waals surface area contributed by atoms with Crippen LogP contribution < -0.4 is 0 Å². The Morgan fingerprint density at radius 2 is 1.38 bits per heavy atom. The predicted molar refractivity (Wildman–Crippen MR) is 155 cm³/mol. The van der Waals surface area contributed by atoms with Crippen molar-refractivity contribution in [3.63, 3.8) is 0 Å². The number of hydrogen-bond donors (Lipinski definition) is 0. The van der Waals surface area contributed by atoms with Gasteiger partial charge in [0.05, 0.1) is 24.2 Å². The SMILES string of the molecule is C=C1CCC(C(=O)OC2CCC(c3ccc(C(=O)OCCCCCCOC4CCC(C)CC4)cc3)CC2)CC1. The average molecular weight is 539 g/mol. The fourth-order valence-corrected chi connectivity index (χ4v) is 6.38. The minimum atomic E-state index is -0.238. The van der Waals surface area contributed by atoms with E-state index in [2.05, 4.69) is 25.6 Å². The van der Waals surface area contributed by atoms with Crippen LogP contribution in [0.15, 0.2) is 36.4 Å². The smallest absolute Gasteiger partial charge is 0.338 e. The molecule has 0 bridgehead atoms. The van der Waals surface area contributed by atoms with Crippen molar-refractivity contribution in [2.24, 2.45) is 11.8 Å². The molecule has 1 aromatic rings. The van der Waals surface area contributed by atoms with Gasteiger partial charge in [0, 0.05) is 6.61 Å². The van der Waals surface area contributed by atoms with Crippen molar-refractivity contribution in [1.82, 2.24) is 0 Å². The molecule has 0 spiro atoms. The molecule has 3 aliphatic rings. The lowest BCUT2D eigenvalue weighted by Gasteiger charge is -2.30. The normalized spacial score (nSPS) is 26.2. The van der Waals surface area contributed by atoms with Crippen LogP contribution in [0.4, 0.5) is 0 Å². The molecule has 3 fully saturated rings. The molecule has 5 nitrogen and oxygen atoms in total. The number of carbonyl (C=O) groups excluding carboxylic acids is 2. The molecule has 0 aromatic heterocycles. The Morgan fingerprint density at radius 1 is 0.769 bits per heavy atom. The molecule has 4 rings (SSSR count). The maximum absolute atomic E-state index is 12.5. The van der Waals surface area contributed by atoms with Gasteiger partial charge in [-0.2, -0.15) is 0 Å². The lowest BCUT2D eigenvalue weighted by molar-refractivity contribution is -0.156. The Labute approximate surface area is 236 Å². The van der Waals surface area contributed by atoms with Gasteiger partial charge in [0.25, 0.3) is 0 Å². The van der Waals surface area contributed by atoms with Crippen LogP contribution >= 0.6 is 0 Å². The summed E-state index contributed by atoms with van der Waals surface area (Å²) in [7, 11) is 0. The number of benzene rings is 1. The first-order valence-corrected chi connectivity index (χ1v) is 15.7. The minimum Gasteiger partial charge on any atom is -0.462 e. The van der Waals surface area contributed by atoms with Gasteiger partial charge in [-0.3, -0.25) is 4.79 Å². The van der Waals surface area contributed by atoms with Crippen molar-refractivity contribution in [2.45, 2.75) is 128 Å². The second-order valence-electron chi connectivity index (χ2n) is 12.4. The van der Waals surface area contributed by atoms with E-state index in [0.717, 1.165) is 89.6 Å². The van der Waals surface area contributed by atoms with Crippen LogP contribution in [0.2, 0.25) is 0 Å². The number of allylic oxidation sites excluding steroid dienone is 1. The molecule has 0 radical (unpaired) electrons. The molecule has 0 atom stereocenters. The number of hydrogen-bond acceptors (Lipinski definition) is 5. The summed E-state index contributed by atoms with van der Waals surface area (Å²) in [4.78, 5) is 25.0. The summed E-state index contributed by atoms with van der Waals surface area (Å²) in [6, 6.07) is 7.92. The molecular weight excluding hydrogens is 488 g/mol. The first-order valence-electron chi connectivity index (χ1n) is 15.7. The van der Waals surface area contributed by atoms with Gasteiger partial charge in [-0.15, -0.1) is 0 Å². The predicted octanol–water partition coefficient (Wildman–Crippen LogP) is 8.31. The molecule has 0 unspecified atom stereocenters. The summed E-state index contributed by atoms with van der Waals surface area (Å²) in [5, 5.41) is 0. The standard InChI is InChI=1S/C34H50O5/c1-25-7-11-30(12-8-25)34(36)39-32-21-17-28(18-22-32)27-13-15-29(16-14-27)33(35)38-24-6-4-3-5-23-37-31-19-9-26(2)10-20-31/h13-16,26,28,30-32H,1,3-12,17-24H2,2H3. The topological polar surface area (TPSA) is 61.8 Å². The summed E-state index contributed by atoms with van der Waals surface area (Å²) in [6.07, 6.45) is 17.2. The van der Waals surface area contributed by atoms with Crippen molar-refractivity contribution < 1.29 is 23.8 Å². The van der Waals surface area contributed by atoms with E-state index in [4.69, 9.17) is 14.2 Å². The molecule has 0 heterocycles. The number of unbranched alkanes of at least 4 members (excludes halogenated alkanes) is 3. The lowest BCUT2D eigenvalue weighted by Crippen LogP contribution is -2.28. The van der Waals surface area contributed by atoms with Crippen molar-refractivity contribution >= 4 is 11.9 Å². The number of esters is 2. The zero-order valence-electron chi connectivity index (χ0n) is 24.2. The summed E-state index contributed by atoms with van der Waals surface area (Å²) in [6.45, 7) is 7.70. The highest BCUT2D eigenvalue weighted by molar-refractivity contribution is 5.89. The average Bonchev–Trinajstić information content (AvgIpc) is 2.96. The van der Waals surface area contributed by atoms with Crippen LogP contribution in [-0.4, -0.2) is 37.4 Å². The quantitative estimate of drug-likeness (QED) is 0.152. The van der Waals surface area contributed by atoms with Crippen LogP contribution in [0.3, 0.4) is 0 Å². The summed E-state index contributed by atoms with van der Waals surface area (Å²) in [5.74, 6) is 1.12. The van der Waals surface area contributed by atoms with Crippen LogP contribution in [0.1, 0.15) is 131 Å². The third-order valence-corrected chi connectivity index (χ3v) is 9.19. The third kappa shape index (κ3) is 9.77. The molecule has 0 N–H and O–H groups in total. The van der Waals surface area contributed by atoms with Crippen molar-refractivity contribution in [3.05, 3.63) is 47.5 Å². The van der Waals surface area contributed by atoms with E-state index in [0.29, 0.717) is 24.2 Å². The van der Waals surface area contributed by atoms with E-state index in [1.54, 1.807) is 0 Å². The molecule has 3 aliphatic carbocycles. The summed E-state index contributed by atoms with van der Waals surface area (Å²) in [5.41, 5.74) is 3.13. The lowest BCUT2D eigenvalue weighted by atomic mass is 9.82. The number of carbonyl (C=O) groups is 2. The highest BCUT2D eigenvalue weighted by atomic mass is 16.5. The Morgan fingerprint density at radius 3 is 2.05 bits per heavy atom. The number of rotatable bonds is 12. The van der Waals surface area contributed by atoms with Crippen molar-refractivity contribution in [3.8, 4) is 0 Å². The second kappa shape index (κ2) is 15.6. The van der Waals surface area contributed by atoms with E-state index in [-0.39, 0.29) is 24.0 Å². The molecule has 0 aliphatic heterocycles. The maximum atomic E-state index is 12.5. The van der Waals surface area contributed by atoms with E-state index in [1.807, 2.05) is 12.1 Å². The van der Waals surface area contributed by atoms with E-state index < -0.39 is 0 Å². The van der Waals surface area contributed by atoms with Crippen LogP contribution in [0, 0.1) is 11.8 Å². The van der Waals surface area contributed by atoms with E-state index in [1.165, 1.54) is 36.8 Å². The highest BCUT2D eigenvalue weighted by Gasteiger charge is 2.29. The summed E-state index contributed by atoms with van der Waals surface area (Å²) >= 11 is 0. The monoisotopic (exact) mass is 538 g/mol. The molecule has 3 saturated carbocycles. The Hall–Kier alpha value is -2.14. The first kappa shape index (κ1) is 29.8. The second-order valence-corrected chi connectivity index (χ2v) is 12.4. The molecule has 39 heavy (non-hydrogen) atoms. The third-order valence-electron chi connectivity index (χ3n) is 9.19. The minimum absolute atomic E-state index is 0.00722. The maximum Gasteiger partial charge on any atom is 0.338 e. The largest absolute Gasteiger partial charge is 0.462 e. The molecule has 0 saturated heterocycles. The molecular formula is C34H50O5. The zero-order chi connectivity index (χ0) is 27.5. The van der Waals surface area contributed by atoms with Crippen LogP contribution in [0.5, 0.6) is 0 Å². The van der Waals surface area contributed by atoms with Crippen molar-refractivity contribution in [1.29, 1.82) is 0 Å². The van der Waals surface area contributed by atoms with Gasteiger partial charge in [0.2, 0.25) is 0 Å². The summed E-state index contributed by atoms with van der Waals surface area (Å²) < 4.78 is 17.4. The van der Waals surface area contributed by atoms with Crippen molar-refractivity contribution in [2.75, 3.05) is 13.2 Å². The van der Waals surface area contributed by atoms with Gasteiger partial charge in [-0.05, 0) is 126 Å². The molecule has 1 aromatic carbocycles. The highest BCUT2D eigenvalue weighted by Crippen LogP contribution is 2.35. The Bertz CT molecular complexity index is 896.